The fourth-order valence-corrected chi connectivity index (χ4v) is 2.45. The molecule has 20 heavy (non-hydrogen) atoms. The molecule has 0 saturated heterocycles. The van der Waals surface area contributed by atoms with Crippen LogP contribution < -0.4 is 0 Å². The summed E-state index contributed by atoms with van der Waals surface area (Å²) in [7, 11) is 0. The van der Waals surface area contributed by atoms with Gasteiger partial charge in [-0.1, -0.05) is 40.9 Å². The highest BCUT2D eigenvalue weighted by Crippen LogP contribution is 2.24. The monoisotopic (exact) mass is 283 g/mol. The lowest BCUT2D eigenvalue weighted by Crippen LogP contribution is -2.11. The van der Waals surface area contributed by atoms with Gasteiger partial charge in [0.25, 0.3) is 0 Å². The second kappa shape index (κ2) is 5.90. The van der Waals surface area contributed by atoms with Crippen molar-refractivity contribution in [3.05, 3.63) is 69.7 Å². The number of ketones is 1. The van der Waals surface area contributed by atoms with E-state index in [1.807, 2.05) is 32.0 Å². The van der Waals surface area contributed by atoms with E-state index < -0.39 is 5.92 Å². The molecule has 1 atom stereocenters. The van der Waals surface area contributed by atoms with Gasteiger partial charge in [0.2, 0.25) is 0 Å². The number of nitriles is 1. The summed E-state index contributed by atoms with van der Waals surface area (Å²) in [4.78, 5) is 12.5. The maximum Gasteiger partial charge on any atom is 0.184 e. The molecule has 2 rings (SSSR count). The van der Waals surface area contributed by atoms with Gasteiger partial charge in [-0.2, -0.15) is 5.26 Å². The number of rotatable bonds is 3. The van der Waals surface area contributed by atoms with Crippen molar-refractivity contribution >= 4 is 17.4 Å². The molecule has 0 fully saturated rings. The Bertz CT molecular complexity index is 680. The van der Waals surface area contributed by atoms with Crippen LogP contribution in [0.2, 0.25) is 5.02 Å². The molecule has 0 saturated carbocycles. The molecule has 0 spiro atoms. The van der Waals surface area contributed by atoms with Crippen molar-refractivity contribution in [2.45, 2.75) is 19.8 Å². The summed E-state index contributed by atoms with van der Waals surface area (Å²) in [5.41, 5.74) is 3.21. The Morgan fingerprint density at radius 3 is 2.35 bits per heavy atom. The highest BCUT2D eigenvalue weighted by molar-refractivity contribution is 6.30. The van der Waals surface area contributed by atoms with Gasteiger partial charge in [0, 0.05) is 10.6 Å². The summed E-state index contributed by atoms with van der Waals surface area (Å²) in [6.07, 6.45) is 0. The number of carbonyl (C=O) groups is 1. The molecule has 2 nitrogen and oxygen atoms in total. The van der Waals surface area contributed by atoms with Crippen LogP contribution in [0, 0.1) is 25.2 Å². The van der Waals surface area contributed by atoms with E-state index in [0.29, 0.717) is 16.1 Å². The van der Waals surface area contributed by atoms with Crippen LogP contribution in [0.5, 0.6) is 0 Å². The standard InChI is InChI=1S/C17H14ClNO/c1-11-6-12(2)8-14(7-11)17(20)16(10-19)13-4-3-5-15(18)9-13/h3-9,16H,1-2H3. The van der Waals surface area contributed by atoms with Crippen LogP contribution in [-0.2, 0) is 0 Å². The number of aryl methyl sites for hydroxylation is 2. The van der Waals surface area contributed by atoms with Crippen LogP contribution in [0.1, 0.15) is 33.0 Å². The molecule has 0 aliphatic carbocycles. The van der Waals surface area contributed by atoms with Gasteiger partial charge in [0.05, 0.1) is 6.07 Å². The zero-order valence-electron chi connectivity index (χ0n) is 11.4. The number of Topliss-reactive ketones (excluding diaryl/α,β-unsaturated/α-hetero) is 1. The Kier molecular flexibility index (Phi) is 4.22. The molecule has 100 valence electrons. The Hall–Kier alpha value is -2.11. The summed E-state index contributed by atoms with van der Waals surface area (Å²) in [5.74, 6) is -1.02. The van der Waals surface area contributed by atoms with Gasteiger partial charge in [0.1, 0.15) is 5.92 Å². The van der Waals surface area contributed by atoms with E-state index >= 15 is 0 Å². The summed E-state index contributed by atoms with van der Waals surface area (Å²) >= 11 is 5.93. The van der Waals surface area contributed by atoms with Gasteiger partial charge in [-0.15, -0.1) is 0 Å². The predicted molar refractivity (Wildman–Crippen MR) is 80.1 cm³/mol. The number of benzene rings is 2. The van der Waals surface area contributed by atoms with E-state index in [1.54, 1.807) is 24.3 Å². The molecule has 0 aliphatic heterocycles. The van der Waals surface area contributed by atoms with Crippen LogP contribution >= 0.6 is 11.6 Å². The quantitative estimate of drug-likeness (QED) is 0.781. The third kappa shape index (κ3) is 3.07. The van der Waals surface area contributed by atoms with Gasteiger partial charge < -0.3 is 0 Å². The zero-order valence-corrected chi connectivity index (χ0v) is 12.1. The molecule has 1 unspecified atom stereocenters. The minimum atomic E-state index is -0.824. The van der Waals surface area contributed by atoms with Crippen molar-refractivity contribution in [2.24, 2.45) is 0 Å². The van der Waals surface area contributed by atoms with Crippen LogP contribution in [0.4, 0.5) is 0 Å². The van der Waals surface area contributed by atoms with Crippen molar-refractivity contribution in [1.82, 2.24) is 0 Å². The molecule has 3 heteroatoms. The lowest BCUT2D eigenvalue weighted by molar-refractivity contribution is 0.0978. The number of halogens is 1. The predicted octanol–water partition coefficient (Wildman–Crippen LogP) is 4.45. The summed E-state index contributed by atoms with van der Waals surface area (Å²) in [5, 5.41) is 9.85. The first-order valence-corrected chi connectivity index (χ1v) is 6.66. The molecule has 0 heterocycles. The van der Waals surface area contributed by atoms with Crippen molar-refractivity contribution in [2.75, 3.05) is 0 Å². The fraction of sp³-hybridized carbons (Fsp3) is 0.176. The fourth-order valence-electron chi connectivity index (χ4n) is 2.25. The van der Waals surface area contributed by atoms with E-state index in [0.717, 1.165) is 11.1 Å². The van der Waals surface area contributed by atoms with Crippen LogP contribution in [0.3, 0.4) is 0 Å². The van der Waals surface area contributed by atoms with Crippen molar-refractivity contribution in [3.8, 4) is 6.07 Å². The van der Waals surface area contributed by atoms with Crippen molar-refractivity contribution in [1.29, 1.82) is 5.26 Å². The number of carbonyl (C=O) groups excluding carboxylic acids is 1. The maximum absolute atomic E-state index is 12.5. The highest BCUT2D eigenvalue weighted by atomic mass is 35.5. The van der Waals surface area contributed by atoms with Gasteiger partial charge in [-0.05, 0) is 43.7 Å². The van der Waals surface area contributed by atoms with Crippen molar-refractivity contribution in [3.63, 3.8) is 0 Å². The average Bonchev–Trinajstić information content (AvgIpc) is 2.38. The first kappa shape index (κ1) is 14.3. The number of nitrogens with zero attached hydrogens (tertiary/aromatic N) is 1. The largest absolute Gasteiger partial charge is 0.292 e. The minimum absolute atomic E-state index is 0.193. The molecule has 2 aromatic rings. The molecular weight excluding hydrogens is 270 g/mol. The van der Waals surface area contributed by atoms with Crippen molar-refractivity contribution < 1.29 is 4.79 Å². The number of hydrogen-bond acceptors (Lipinski definition) is 2. The molecular formula is C17H14ClNO. The third-order valence-electron chi connectivity index (χ3n) is 3.08. The molecule has 2 aromatic carbocycles. The molecule has 0 bridgehead atoms. The van der Waals surface area contributed by atoms with E-state index in [-0.39, 0.29) is 5.78 Å². The Morgan fingerprint density at radius 1 is 1.15 bits per heavy atom. The van der Waals surface area contributed by atoms with E-state index in [1.165, 1.54) is 0 Å². The van der Waals surface area contributed by atoms with Crippen LogP contribution in [0.15, 0.2) is 42.5 Å². The van der Waals surface area contributed by atoms with Crippen LogP contribution in [0.25, 0.3) is 0 Å². The average molecular weight is 284 g/mol. The Labute approximate surface area is 123 Å². The van der Waals surface area contributed by atoms with Gasteiger partial charge in [-0.25, -0.2) is 0 Å². The van der Waals surface area contributed by atoms with Gasteiger partial charge >= 0.3 is 0 Å². The maximum atomic E-state index is 12.5. The summed E-state index contributed by atoms with van der Waals surface area (Å²) in [6.45, 7) is 3.87. The molecule has 0 N–H and O–H groups in total. The smallest absolute Gasteiger partial charge is 0.184 e. The first-order valence-electron chi connectivity index (χ1n) is 6.29. The molecule has 0 aliphatic rings. The Balaban J connectivity index is 2.42. The lowest BCUT2D eigenvalue weighted by atomic mass is 9.90. The first-order chi connectivity index (χ1) is 9.51. The number of hydrogen-bond donors (Lipinski definition) is 0. The van der Waals surface area contributed by atoms with E-state index in [9.17, 15) is 10.1 Å². The zero-order chi connectivity index (χ0) is 14.7. The Morgan fingerprint density at radius 2 is 1.80 bits per heavy atom. The van der Waals surface area contributed by atoms with Gasteiger partial charge in [0.15, 0.2) is 5.78 Å². The molecule has 0 aromatic heterocycles. The molecule has 0 radical (unpaired) electrons. The SMILES string of the molecule is Cc1cc(C)cc(C(=O)C(C#N)c2cccc(Cl)c2)c1. The van der Waals surface area contributed by atoms with Gasteiger partial charge in [-0.3, -0.25) is 4.79 Å². The highest BCUT2D eigenvalue weighted by Gasteiger charge is 2.22. The van der Waals surface area contributed by atoms with Crippen LogP contribution in [-0.4, -0.2) is 5.78 Å². The second-order valence-corrected chi connectivity index (χ2v) is 5.29. The second-order valence-electron chi connectivity index (χ2n) is 4.86. The summed E-state index contributed by atoms with van der Waals surface area (Å²) < 4.78 is 0. The topological polar surface area (TPSA) is 40.9 Å². The normalized spacial score (nSPS) is 11.7. The van der Waals surface area contributed by atoms with E-state index in [4.69, 9.17) is 11.6 Å². The van der Waals surface area contributed by atoms with E-state index in [2.05, 4.69) is 6.07 Å². The minimum Gasteiger partial charge on any atom is -0.292 e. The lowest BCUT2D eigenvalue weighted by Gasteiger charge is -2.10. The third-order valence-corrected chi connectivity index (χ3v) is 3.31. The summed E-state index contributed by atoms with van der Waals surface area (Å²) in [6, 6.07) is 14.6. The molecule has 0 amide bonds.